The lowest BCUT2D eigenvalue weighted by Crippen LogP contribution is -2.44. The largest absolute Gasteiger partial charge is 0.386 e. The number of rotatable bonds is 6. The lowest BCUT2D eigenvalue weighted by atomic mass is 9.98. The van der Waals surface area contributed by atoms with Gasteiger partial charge in [-0.05, 0) is 75.6 Å². The van der Waals surface area contributed by atoms with Crippen molar-refractivity contribution >= 4 is 23.4 Å². The van der Waals surface area contributed by atoms with Crippen molar-refractivity contribution in [1.29, 1.82) is 0 Å². The summed E-state index contributed by atoms with van der Waals surface area (Å²) in [6.07, 6.45) is 1.78. The van der Waals surface area contributed by atoms with Gasteiger partial charge in [0.05, 0.1) is 24.9 Å². The highest BCUT2D eigenvalue weighted by Crippen LogP contribution is 2.29. The lowest BCUT2D eigenvalue weighted by Gasteiger charge is -2.34. The number of aliphatic hydroxyl groups is 1. The van der Waals surface area contributed by atoms with Crippen LogP contribution < -0.4 is 15.5 Å². The predicted octanol–water partition coefficient (Wildman–Crippen LogP) is 4.53. The number of hydrogen-bond donors (Lipinski definition) is 3. The van der Waals surface area contributed by atoms with Crippen LogP contribution in [0.1, 0.15) is 50.9 Å². The van der Waals surface area contributed by atoms with Gasteiger partial charge in [-0.3, -0.25) is 0 Å². The maximum absolute atomic E-state index is 12.6. The Hall–Kier alpha value is -3.60. The molecule has 10 nitrogen and oxygen atoms in total. The summed E-state index contributed by atoms with van der Waals surface area (Å²) in [6.45, 7) is 8.99. The minimum Gasteiger partial charge on any atom is -0.386 e. The first-order valence-corrected chi connectivity index (χ1v) is 13.5. The van der Waals surface area contributed by atoms with Gasteiger partial charge >= 0.3 is 6.03 Å². The molecule has 3 N–H and O–H groups in total. The molecule has 0 bridgehead atoms. The fourth-order valence-electron chi connectivity index (χ4n) is 4.76. The second-order valence-electron chi connectivity index (χ2n) is 10.6. The SMILES string of the molecule is CC1COCCN1c1nc(-c2ccc(NC(=O)Nc3ccc(C(C)(C)O)cc3)cc2)nc(C2CCOCC2)n1. The van der Waals surface area contributed by atoms with E-state index in [4.69, 9.17) is 24.4 Å². The second-order valence-corrected chi connectivity index (χ2v) is 10.6. The maximum Gasteiger partial charge on any atom is 0.323 e. The van der Waals surface area contributed by atoms with E-state index in [1.165, 1.54) is 0 Å². The van der Waals surface area contributed by atoms with Crippen molar-refractivity contribution in [2.24, 2.45) is 0 Å². The molecular formula is C29H36N6O4. The standard InChI is InChI=1S/C29H36N6O4/c1-19-18-39-17-14-35(19)27-33-25(32-26(34-27)21-12-15-38-16-13-21)20-4-8-23(9-5-20)30-28(36)31-24-10-6-22(7-11-24)29(2,3)37/h4-11,19,21,37H,12-18H2,1-3H3,(H2,30,31,36). The third-order valence-electron chi connectivity index (χ3n) is 7.10. The zero-order valence-corrected chi connectivity index (χ0v) is 22.7. The Kier molecular flexibility index (Phi) is 8.06. The van der Waals surface area contributed by atoms with Crippen molar-refractivity contribution in [2.75, 3.05) is 48.5 Å². The summed E-state index contributed by atoms with van der Waals surface area (Å²) in [7, 11) is 0. The third-order valence-corrected chi connectivity index (χ3v) is 7.10. The van der Waals surface area contributed by atoms with Crippen molar-refractivity contribution < 1.29 is 19.4 Å². The summed E-state index contributed by atoms with van der Waals surface area (Å²) in [4.78, 5) is 29.3. The summed E-state index contributed by atoms with van der Waals surface area (Å²) in [5.41, 5.74) is 1.96. The number of benzene rings is 2. The molecule has 1 aromatic heterocycles. The highest BCUT2D eigenvalue weighted by molar-refractivity contribution is 5.99. The van der Waals surface area contributed by atoms with Crippen molar-refractivity contribution in [3.63, 3.8) is 0 Å². The minimum atomic E-state index is -0.937. The molecule has 2 amide bonds. The fourth-order valence-corrected chi connectivity index (χ4v) is 4.76. The molecule has 0 aliphatic carbocycles. The van der Waals surface area contributed by atoms with Gasteiger partial charge in [0.15, 0.2) is 5.82 Å². The number of aromatic nitrogens is 3. The molecule has 3 aromatic rings. The lowest BCUT2D eigenvalue weighted by molar-refractivity contribution is 0.0786. The van der Waals surface area contributed by atoms with E-state index < -0.39 is 5.60 Å². The van der Waals surface area contributed by atoms with E-state index in [1.807, 2.05) is 24.3 Å². The van der Waals surface area contributed by atoms with E-state index >= 15 is 0 Å². The smallest absolute Gasteiger partial charge is 0.323 e. The predicted molar refractivity (Wildman–Crippen MR) is 150 cm³/mol. The quantitative estimate of drug-likeness (QED) is 0.423. The van der Waals surface area contributed by atoms with Crippen LogP contribution in [0.2, 0.25) is 0 Å². The number of carbonyl (C=O) groups excluding carboxylic acids is 1. The van der Waals surface area contributed by atoms with Crippen LogP contribution >= 0.6 is 0 Å². The van der Waals surface area contributed by atoms with E-state index in [2.05, 4.69) is 22.5 Å². The van der Waals surface area contributed by atoms with E-state index in [0.29, 0.717) is 49.6 Å². The van der Waals surface area contributed by atoms with Crippen LogP contribution in [0.25, 0.3) is 11.4 Å². The van der Waals surface area contributed by atoms with Crippen molar-refractivity contribution in [1.82, 2.24) is 15.0 Å². The van der Waals surface area contributed by atoms with E-state index in [1.54, 1.807) is 38.1 Å². The highest BCUT2D eigenvalue weighted by atomic mass is 16.5. The number of morpholine rings is 1. The third kappa shape index (κ3) is 6.70. The number of anilines is 3. The molecule has 39 heavy (non-hydrogen) atoms. The van der Waals surface area contributed by atoms with Gasteiger partial charge in [0, 0.05) is 42.6 Å². The van der Waals surface area contributed by atoms with Crippen LogP contribution in [0, 0.1) is 0 Å². The van der Waals surface area contributed by atoms with Crippen LogP contribution in [-0.4, -0.2) is 65.1 Å². The van der Waals surface area contributed by atoms with Gasteiger partial charge in [0.2, 0.25) is 5.95 Å². The molecular weight excluding hydrogens is 496 g/mol. The fraction of sp³-hybridized carbons (Fsp3) is 0.448. The van der Waals surface area contributed by atoms with Gasteiger partial charge in [-0.1, -0.05) is 12.1 Å². The molecule has 2 aromatic carbocycles. The van der Waals surface area contributed by atoms with Gasteiger partial charge < -0.3 is 30.1 Å². The molecule has 0 radical (unpaired) electrons. The second kappa shape index (κ2) is 11.6. The topological polar surface area (TPSA) is 122 Å². The number of carbonyl (C=O) groups is 1. The van der Waals surface area contributed by atoms with E-state index in [-0.39, 0.29) is 18.0 Å². The number of amides is 2. The van der Waals surface area contributed by atoms with Gasteiger partial charge in [-0.25, -0.2) is 9.78 Å². The molecule has 1 unspecified atom stereocenters. The first-order chi connectivity index (χ1) is 18.8. The van der Waals surface area contributed by atoms with Crippen LogP contribution in [-0.2, 0) is 15.1 Å². The molecule has 2 fully saturated rings. The van der Waals surface area contributed by atoms with Gasteiger partial charge in [0.25, 0.3) is 0 Å². The first kappa shape index (κ1) is 27.0. The zero-order valence-electron chi connectivity index (χ0n) is 22.7. The van der Waals surface area contributed by atoms with Crippen molar-refractivity contribution in [3.8, 4) is 11.4 Å². The number of hydrogen-bond acceptors (Lipinski definition) is 8. The van der Waals surface area contributed by atoms with Crippen LogP contribution in [0.4, 0.5) is 22.1 Å². The summed E-state index contributed by atoms with van der Waals surface area (Å²) in [5, 5.41) is 15.8. The van der Waals surface area contributed by atoms with Gasteiger partial charge in [0.1, 0.15) is 5.82 Å². The summed E-state index contributed by atoms with van der Waals surface area (Å²) in [6, 6.07) is 14.4. The monoisotopic (exact) mass is 532 g/mol. The maximum atomic E-state index is 12.6. The Morgan fingerprint density at radius 3 is 2.18 bits per heavy atom. The van der Waals surface area contributed by atoms with Gasteiger partial charge in [-0.2, -0.15) is 9.97 Å². The molecule has 3 heterocycles. The Bertz CT molecular complexity index is 1270. The van der Waals surface area contributed by atoms with Crippen LogP contribution in [0.3, 0.4) is 0 Å². The first-order valence-electron chi connectivity index (χ1n) is 13.5. The number of nitrogens with one attached hydrogen (secondary N) is 2. The molecule has 2 aliphatic rings. The average molecular weight is 533 g/mol. The highest BCUT2D eigenvalue weighted by Gasteiger charge is 2.26. The van der Waals surface area contributed by atoms with Crippen LogP contribution in [0.5, 0.6) is 0 Å². The molecule has 10 heteroatoms. The molecule has 5 rings (SSSR count). The average Bonchev–Trinajstić information content (AvgIpc) is 2.94. The van der Waals surface area contributed by atoms with Gasteiger partial charge in [-0.15, -0.1) is 0 Å². The summed E-state index contributed by atoms with van der Waals surface area (Å²) >= 11 is 0. The Balaban J connectivity index is 1.32. The Morgan fingerprint density at radius 1 is 0.923 bits per heavy atom. The molecule has 0 saturated carbocycles. The van der Waals surface area contributed by atoms with Crippen molar-refractivity contribution in [3.05, 3.63) is 59.9 Å². The minimum absolute atomic E-state index is 0.174. The summed E-state index contributed by atoms with van der Waals surface area (Å²) in [5.74, 6) is 2.32. The molecule has 206 valence electrons. The zero-order chi connectivity index (χ0) is 27.4. The molecule has 1 atom stereocenters. The Labute approximate surface area is 228 Å². The van der Waals surface area contributed by atoms with E-state index in [9.17, 15) is 9.90 Å². The molecule has 2 saturated heterocycles. The number of urea groups is 1. The molecule has 2 aliphatic heterocycles. The molecule has 0 spiro atoms. The van der Waals surface area contributed by atoms with Crippen LogP contribution in [0.15, 0.2) is 48.5 Å². The number of nitrogens with zero attached hydrogens (tertiary/aromatic N) is 4. The van der Waals surface area contributed by atoms with Crippen molar-refractivity contribution in [2.45, 2.75) is 51.2 Å². The Morgan fingerprint density at radius 2 is 1.56 bits per heavy atom. The van der Waals surface area contributed by atoms with E-state index in [0.717, 1.165) is 36.3 Å². The number of ether oxygens (including phenoxy) is 2. The summed E-state index contributed by atoms with van der Waals surface area (Å²) < 4.78 is 11.2. The normalized spacial score (nSPS) is 18.6.